The van der Waals surface area contributed by atoms with Gasteiger partial charge in [-0.25, -0.2) is 22.5 Å². The lowest BCUT2D eigenvalue weighted by atomic mass is 10.2. The summed E-state index contributed by atoms with van der Waals surface area (Å²) in [6.45, 7) is 1.82. The van der Waals surface area contributed by atoms with Gasteiger partial charge in [0.2, 0.25) is 10.0 Å². The van der Waals surface area contributed by atoms with Crippen molar-refractivity contribution in [3.8, 4) is 0 Å². The molecule has 0 radical (unpaired) electrons. The number of sulfonamides is 1. The molecule has 0 spiro atoms. The number of nitrogens with one attached hydrogen (secondary N) is 2. The van der Waals surface area contributed by atoms with Crippen LogP contribution in [-0.4, -0.2) is 18.4 Å². The minimum absolute atomic E-state index is 0.107. The fourth-order valence-corrected chi connectivity index (χ4v) is 4.13. The van der Waals surface area contributed by atoms with E-state index >= 15 is 0 Å². The number of hydrogen-bond donors (Lipinski definition) is 3. The van der Waals surface area contributed by atoms with Gasteiger partial charge in [0.15, 0.2) is 0 Å². The van der Waals surface area contributed by atoms with Gasteiger partial charge in [-0.05, 0) is 34.5 Å². The molecule has 1 aromatic carbocycles. The van der Waals surface area contributed by atoms with E-state index in [1.54, 1.807) is 6.20 Å². The molecular weight excluding hydrogens is 363 g/mol. The second-order valence-corrected chi connectivity index (χ2v) is 6.90. The van der Waals surface area contributed by atoms with Crippen LogP contribution in [0.25, 0.3) is 0 Å². The Morgan fingerprint density at radius 3 is 2.81 bits per heavy atom. The zero-order valence-corrected chi connectivity index (χ0v) is 13.5. The second kappa shape index (κ2) is 6.12. The third kappa shape index (κ3) is 3.42. The molecule has 21 heavy (non-hydrogen) atoms. The number of rotatable bonds is 5. The van der Waals surface area contributed by atoms with Crippen LogP contribution in [0.2, 0.25) is 0 Å². The van der Waals surface area contributed by atoms with Gasteiger partial charge in [-0.1, -0.05) is 6.92 Å². The number of imidazole rings is 1. The first-order valence-electron chi connectivity index (χ1n) is 6.11. The molecule has 0 aliphatic heterocycles. The molecule has 0 bridgehead atoms. The lowest BCUT2D eigenvalue weighted by Crippen LogP contribution is -2.29. The minimum atomic E-state index is -3.87. The Morgan fingerprint density at radius 2 is 2.24 bits per heavy atom. The van der Waals surface area contributed by atoms with E-state index in [1.807, 2.05) is 6.92 Å². The molecule has 0 aliphatic rings. The molecule has 0 saturated carbocycles. The Kier molecular flexibility index (Phi) is 4.64. The van der Waals surface area contributed by atoms with Crippen molar-refractivity contribution in [2.75, 3.05) is 5.73 Å². The van der Waals surface area contributed by atoms with E-state index in [0.717, 1.165) is 12.1 Å². The van der Waals surface area contributed by atoms with Gasteiger partial charge in [0.05, 0.1) is 16.6 Å². The average molecular weight is 377 g/mol. The number of anilines is 1. The summed E-state index contributed by atoms with van der Waals surface area (Å²) in [4.78, 5) is 6.78. The van der Waals surface area contributed by atoms with Crippen molar-refractivity contribution in [3.63, 3.8) is 0 Å². The molecule has 1 unspecified atom stereocenters. The van der Waals surface area contributed by atoms with Gasteiger partial charge in [-0.3, -0.25) is 0 Å². The van der Waals surface area contributed by atoms with E-state index in [4.69, 9.17) is 5.73 Å². The first kappa shape index (κ1) is 15.9. The lowest BCUT2D eigenvalue weighted by molar-refractivity contribution is 0.538. The van der Waals surface area contributed by atoms with Gasteiger partial charge in [0.25, 0.3) is 0 Å². The van der Waals surface area contributed by atoms with Crippen molar-refractivity contribution < 1.29 is 12.8 Å². The van der Waals surface area contributed by atoms with Crippen LogP contribution in [0.1, 0.15) is 25.2 Å². The normalized spacial score (nSPS) is 13.3. The summed E-state index contributed by atoms with van der Waals surface area (Å²) in [6, 6.07) is 1.59. The number of aromatic nitrogens is 2. The van der Waals surface area contributed by atoms with Crippen LogP contribution in [0.3, 0.4) is 0 Å². The standard InChI is InChI=1S/C12H14BrFN4O2S/c1-2-10(12-16-3-4-17-12)18-21(19,20)11-6-9(15)8(14)5-7(11)13/h3-6,10,18H,2,15H2,1H3,(H,16,17). The highest BCUT2D eigenvalue weighted by Gasteiger charge is 2.24. The average Bonchev–Trinajstić information content (AvgIpc) is 2.94. The van der Waals surface area contributed by atoms with E-state index in [2.05, 4.69) is 30.6 Å². The number of nitrogens with two attached hydrogens (primary N) is 1. The number of nitrogen functional groups attached to an aromatic ring is 1. The van der Waals surface area contributed by atoms with Crippen molar-refractivity contribution in [2.24, 2.45) is 0 Å². The Morgan fingerprint density at radius 1 is 1.52 bits per heavy atom. The molecule has 0 fully saturated rings. The Balaban J connectivity index is 2.36. The van der Waals surface area contributed by atoms with E-state index in [1.165, 1.54) is 6.20 Å². The SMILES string of the molecule is CCC(NS(=O)(=O)c1cc(N)c(F)cc1Br)c1ncc[nH]1. The molecule has 0 saturated heterocycles. The molecule has 0 amide bonds. The van der Waals surface area contributed by atoms with Crippen LogP contribution >= 0.6 is 15.9 Å². The molecular formula is C12H14BrFN4O2S. The molecule has 6 nitrogen and oxygen atoms in total. The van der Waals surface area contributed by atoms with Crippen LogP contribution in [0, 0.1) is 5.82 Å². The first-order chi connectivity index (χ1) is 9.85. The maximum Gasteiger partial charge on any atom is 0.242 e. The number of nitrogens with zero attached hydrogens (tertiary/aromatic N) is 1. The molecule has 9 heteroatoms. The molecule has 1 aromatic heterocycles. The number of hydrogen-bond acceptors (Lipinski definition) is 4. The van der Waals surface area contributed by atoms with Crippen LogP contribution in [0.15, 0.2) is 33.9 Å². The fourth-order valence-electron chi connectivity index (χ4n) is 1.80. The van der Waals surface area contributed by atoms with E-state index < -0.39 is 21.9 Å². The number of benzene rings is 1. The predicted octanol–water partition coefficient (Wildman–Crippen LogP) is 2.32. The quantitative estimate of drug-likeness (QED) is 0.696. The Bertz CT molecular complexity index is 734. The monoisotopic (exact) mass is 376 g/mol. The van der Waals surface area contributed by atoms with E-state index in [0.29, 0.717) is 12.2 Å². The Labute approximate surface area is 130 Å². The smallest absolute Gasteiger partial charge is 0.242 e. The summed E-state index contributed by atoms with van der Waals surface area (Å²) in [5.41, 5.74) is 5.21. The summed E-state index contributed by atoms with van der Waals surface area (Å²) < 4.78 is 40.8. The van der Waals surface area contributed by atoms with Gasteiger partial charge < -0.3 is 10.7 Å². The summed E-state index contributed by atoms with van der Waals surface area (Å²) in [7, 11) is -3.87. The molecule has 2 rings (SSSR count). The van der Waals surface area contributed by atoms with Gasteiger partial charge in [0, 0.05) is 16.9 Å². The largest absolute Gasteiger partial charge is 0.396 e. The van der Waals surface area contributed by atoms with Gasteiger partial charge in [0.1, 0.15) is 11.6 Å². The summed E-state index contributed by atoms with van der Waals surface area (Å²) in [6.07, 6.45) is 3.65. The molecule has 2 aromatic rings. The van der Waals surface area contributed by atoms with Crippen molar-refractivity contribution in [3.05, 3.63) is 40.6 Å². The van der Waals surface area contributed by atoms with Gasteiger partial charge in [-0.15, -0.1) is 0 Å². The minimum Gasteiger partial charge on any atom is -0.396 e. The maximum absolute atomic E-state index is 13.3. The third-order valence-corrected chi connectivity index (χ3v) is 5.33. The Hall–Kier alpha value is -1.45. The van der Waals surface area contributed by atoms with Gasteiger partial charge in [-0.2, -0.15) is 0 Å². The van der Waals surface area contributed by atoms with Gasteiger partial charge >= 0.3 is 0 Å². The number of halogens is 2. The highest BCUT2D eigenvalue weighted by Crippen LogP contribution is 2.28. The molecule has 1 heterocycles. The summed E-state index contributed by atoms with van der Waals surface area (Å²) in [5, 5.41) is 0. The third-order valence-electron chi connectivity index (χ3n) is 2.90. The van der Waals surface area contributed by atoms with Crippen LogP contribution < -0.4 is 10.5 Å². The zero-order chi connectivity index (χ0) is 15.6. The van der Waals surface area contributed by atoms with Crippen molar-refractivity contribution in [2.45, 2.75) is 24.3 Å². The molecule has 4 N–H and O–H groups in total. The summed E-state index contributed by atoms with van der Waals surface area (Å²) >= 11 is 3.04. The topological polar surface area (TPSA) is 101 Å². The van der Waals surface area contributed by atoms with Crippen molar-refractivity contribution in [1.29, 1.82) is 0 Å². The zero-order valence-electron chi connectivity index (χ0n) is 11.1. The van der Waals surface area contributed by atoms with Crippen LogP contribution in [0.5, 0.6) is 0 Å². The van der Waals surface area contributed by atoms with Crippen molar-refractivity contribution >= 4 is 31.6 Å². The van der Waals surface area contributed by atoms with Crippen LogP contribution in [0.4, 0.5) is 10.1 Å². The van der Waals surface area contributed by atoms with E-state index in [-0.39, 0.29) is 15.1 Å². The highest BCUT2D eigenvalue weighted by molar-refractivity contribution is 9.10. The fraction of sp³-hybridized carbons (Fsp3) is 0.250. The number of aromatic amines is 1. The number of H-pyrrole nitrogens is 1. The maximum atomic E-state index is 13.3. The van der Waals surface area contributed by atoms with Crippen LogP contribution in [-0.2, 0) is 10.0 Å². The molecule has 0 aliphatic carbocycles. The molecule has 114 valence electrons. The highest BCUT2D eigenvalue weighted by atomic mass is 79.9. The summed E-state index contributed by atoms with van der Waals surface area (Å²) in [5.74, 6) is -0.175. The molecule has 1 atom stereocenters. The van der Waals surface area contributed by atoms with Crippen molar-refractivity contribution in [1.82, 2.24) is 14.7 Å². The second-order valence-electron chi connectivity index (χ2n) is 4.36. The first-order valence-corrected chi connectivity index (χ1v) is 8.39. The lowest BCUT2D eigenvalue weighted by Gasteiger charge is -2.16. The predicted molar refractivity (Wildman–Crippen MR) is 80.5 cm³/mol. The van der Waals surface area contributed by atoms with E-state index in [9.17, 15) is 12.8 Å².